The maximum atomic E-state index is 13.1. The second-order valence-electron chi connectivity index (χ2n) is 7.31. The lowest BCUT2D eigenvalue weighted by atomic mass is 10.2. The molecule has 0 aliphatic carbocycles. The summed E-state index contributed by atoms with van der Waals surface area (Å²) in [5, 5.41) is 6.43. The lowest BCUT2D eigenvalue weighted by Gasteiger charge is -2.37. The standard InChI is InChI=1S/C22H24N4O2S/c1-16-5-3-6-18(15-16)24-10-12-25(13-11-24)22(28)17(2)26-21(27)9-8-19(23-26)20-7-4-14-29-20/h3-9,14-15,17H,10-13H2,1-2H3. The van der Waals surface area contributed by atoms with Crippen molar-refractivity contribution in [3.05, 3.63) is 69.8 Å². The third-order valence-corrected chi connectivity index (χ3v) is 6.17. The Hall–Kier alpha value is -2.93. The fourth-order valence-corrected chi connectivity index (χ4v) is 4.33. The quantitative estimate of drug-likeness (QED) is 0.665. The lowest BCUT2D eigenvalue weighted by Crippen LogP contribution is -2.51. The van der Waals surface area contributed by atoms with Gasteiger partial charge in [-0.2, -0.15) is 5.10 Å². The first-order chi connectivity index (χ1) is 14.0. The van der Waals surface area contributed by atoms with Gasteiger partial charge in [-0.05, 0) is 49.1 Å². The Kier molecular flexibility index (Phi) is 5.49. The fourth-order valence-electron chi connectivity index (χ4n) is 3.64. The molecule has 1 amide bonds. The van der Waals surface area contributed by atoms with Crippen molar-refractivity contribution in [1.82, 2.24) is 14.7 Å². The number of carbonyl (C=O) groups is 1. The summed E-state index contributed by atoms with van der Waals surface area (Å²) in [6.07, 6.45) is 0. The minimum atomic E-state index is -0.632. The van der Waals surface area contributed by atoms with Crippen LogP contribution in [0.2, 0.25) is 0 Å². The van der Waals surface area contributed by atoms with Crippen LogP contribution >= 0.6 is 11.3 Å². The van der Waals surface area contributed by atoms with Crippen molar-refractivity contribution in [3.8, 4) is 10.6 Å². The van der Waals surface area contributed by atoms with Crippen molar-refractivity contribution in [2.45, 2.75) is 19.9 Å². The van der Waals surface area contributed by atoms with Gasteiger partial charge in [0.15, 0.2) is 0 Å². The van der Waals surface area contributed by atoms with E-state index >= 15 is 0 Å². The summed E-state index contributed by atoms with van der Waals surface area (Å²) in [4.78, 5) is 30.5. The molecular formula is C22H24N4O2S. The molecule has 0 bridgehead atoms. The molecule has 3 aromatic rings. The zero-order valence-corrected chi connectivity index (χ0v) is 17.4. The van der Waals surface area contributed by atoms with Gasteiger partial charge in [0, 0.05) is 37.9 Å². The van der Waals surface area contributed by atoms with Gasteiger partial charge in [-0.25, -0.2) is 4.68 Å². The Bertz CT molecular complexity index is 1050. The van der Waals surface area contributed by atoms with Gasteiger partial charge >= 0.3 is 0 Å². The van der Waals surface area contributed by atoms with Gasteiger partial charge in [-0.3, -0.25) is 9.59 Å². The van der Waals surface area contributed by atoms with E-state index in [1.54, 1.807) is 24.3 Å². The number of hydrogen-bond donors (Lipinski definition) is 0. The van der Waals surface area contributed by atoms with Gasteiger partial charge in [-0.1, -0.05) is 18.2 Å². The number of rotatable bonds is 4. The van der Waals surface area contributed by atoms with E-state index < -0.39 is 6.04 Å². The molecule has 1 unspecified atom stereocenters. The van der Waals surface area contributed by atoms with Gasteiger partial charge in [0.2, 0.25) is 5.91 Å². The maximum absolute atomic E-state index is 13.1. The van der Waals surface area contributed by atoms with E-state index in [0.29, 0.717) is 18.8 Å². The Morgan fingerprint density at radius 1 is 1.07 bits per heavy atom. The second-order valence-corrected chi connectivity index (χ2v) is 8.25. The molecule has 0 radical (unpaired) electrons. The van der Waals surface area contributed by atoms with Crippen LogP contribution in [0.3, 0.4) is 0 Å². The molecule has 1 aromatic carbocycles. The average molecular weight is 409 g/mol. The van der Waals surface area contributed by atoms with Gasteiger partial charge in [-0.15, -0.1) is 11.3 Å². The molecule has 0 saturated carbocycles. The van der Waals surface area contributed by atoms with E-state index in [2.05, 4.69) is 41.2 Å². The summed E-state index contributed by atoms with van der Waals surface area (Å²) < 4.78 is 1.31. The largest absolute Gasteiger partial charge is 0.368 e. The van der Waals surface area contributed by atoms with Crippen LogP contribution in [0, 0.1) is 6.92 Å². The van der Waals surface area contributed by atoms with Crippen LogP contribution in [-0.4, -0.2) is 46.8 Å². The van der Waals surface area contributed by atoms with Crippen LogP contribution in [0.25, 0.3) is 10.6 Å². The van der Waals surface area contributed by atoms with E-state index in [1.807, 2.05) is 22.4 Å². The van der Waals surface area contributed by atoms with Crippen molar-refractivity contribution in [2.75, 3.05) is 31.1 Å². The molecule has 1 atom stereocenters. The molecule has 1 aliphatic rings. The summed E-state index contributed by atoms with van der Waals surface area (Å²) >= 11 is 1.56. The van der Waals surface area contributed by atoms with Crippen molar-refractivity contribution < 1.29 is 4.79 Å². The Morgan fingerprint density at radius 3 is 2.55 bits per heavy atom. The van der Waals surface area contributed by atoms with Gasteiger partial charge < -0.3 is 9.80 Å². The van der Waals surface area contributed by atoms with Gasteiger partial charge in [0.25, 0.3) is 5.56 Å². The molecule has 4 rings (SSSR count). The average Bonchev–Trinajstić information content (AvgIpc) is 3.28. The molecule has 1 fully saturated rings. The first kappa shape index (κ1) is 19.4. The van der Waals surface area contributed by atoms with Crippen LogP contribution in [0.4, 0.5) is 5.69 Å². The zero-order valence-electron chi connectivity index (χ0n) is 16.6. The number of thiophene rings is 1. The van der Waals surface area contributed by atoms with Crippen LogP contribution in [0.1, 0.15) is 18.5 Å². The normalized spacial score (nSPS) is 15.4. The first-order valence-electron chi connectivity index (χ1n) is 9.77. The number of aromatic nitrogens is 2. The summed E-state index contributed by atoms with van der Waals surface area (Å²) in [5.74, 6) is -0.0631. The van der Waals surface area contributed by atoms with E-state index in [0.717, 1.165) is 18.0 Å². The van der Waals surface area contributed by atoms with Crippen molar-refractivity contribution in [1.29, 1.82) is 0 Å². The number of amides is 1. The highest BCUT2D eigenvalue weighted by atomic mass is 32.1. The molecular weight excluding hydrogens is 384 g/mol. The zero-order chi connectivity index (χ0) is 20.4. The number of aryl methyl sites for hydroxylation is 1. The van der Waals surface area contributed by atoms with Crippen molar-refractivity contribution >= 4 is 22.9 Å². The topological polar surface area (TPSA) is 58.4 Å². The number of benzene rings is 1. The highest BCUT2D eigenvalue weighted by Crippen LogP contribution is 2.22. The molecule has 150 valence electrons. The molecule has 6 nitrogen and oxygen atoms in total. The number of nitrogens with zero attached hydrogens (tertiary/aromatic N) is 4. The van der Waals surface area contributed by atoms with Crippen LogP contribution in [0.5, 0.6) is 0 Å². The summed E-state index contributed by atoms with van der Waals surface area (Å²) in [6.45, 7) is 6.66. The van der Waals surface area contributed by atoms with Gasteiger partial charge in [0.05, 0.1) is 4.88 Å². The SMILES string of the molecule is Cc1cccc(N2CCN(C(=O)C(C)n3nc(-c4cccs4)ccc3=O)CC2)c1. The summed E-state index contributed by atoms with van der Waals surface area (Å²) in [5.41, 5.74) is 2.87. The summed E-state index contributed by atoms with van der Waals surface area (Å²) in [6, 6.07) is 14.9. The highest BCUT2D eigenvalue weighted by molar-refractivity contribution is 7.13. The molecule has 2 aromatic heterocycles. The second kappa shape index (κ2) is 8.21. The Labute approximate surface area is 174 Å². The predicted octanol–water partition coefficient (Wildman–Crippen LogP) is 3.19. The number of carbonyl (C=O) groups excluding carboxylic acids is 1. The van der Waals surface area contributed by atoms with Crippen molar-refractivity contribution in [3.63, 3.8) is 0 Å². The molecule has 1 saturated heterocycles. The maximum Gasteiger partial charge on any atom is 0.267 e. The lowest BCUT2D eigenvalue weighted by molar-refractivity contribution is -0.135. The molecule has 7 heteroatoms. The molecule has 0 N–H and O–H groups in total. The molecule has 0 spiro atoms. The van der Waals surface area contributed by atoms with Crippen LogP contribution in [0.15, 0.2) is 58.7 Å². The molecule has 29 heavy (non-hydrogen) atoms. The van der Waals surface area contributed by atoms with E-state index in [4.69, 9.17) is 0 Å². The van der Waals surface area contributed by atoms with E-state index in [1.165, 1.54) is 22.0 Å². The van der Waals surface area contributed by atoms with E-state index in [9.17, 15) is 9.59 Å². The Balaban J connectivity index is 1.46. The minimum Gasteiger partial charge on any atom is -0.368 e. The monoisotopic (exact) mass is 408 g/mol. The van der Waals surface area contributed by atoms with E-state index in [-0.39, 0.29) is 11.5 Å². The van der Waals surface area contributed by atoms with Crippen molar-refractivity contribution in [2.24, 2.45) is 0 Å². The third kappa shape index (κ3) is 4.10. The smallest absolute Gasteiger partial charge is 0.267 e. The number of hydrogen-bond acceptors (Lipinski definition) is 5. The molecule has 1 aliphatic heterocycles. The minimum absolute atomic E-state index is 0.0631. The fraction of sp³-hybridized carbons (Fsp3) is 0.318. The summed E-state index contributed by atoms with van der Waals surface area (Å²) in [7, 11) is 0. The number of anilines is 1. The molecule has 3 heterocycles. The van der Waals surface area contributed by atoms with Crippen LogP contribution < -0.4 is 10.5 Å². The van der Waals surface area contributed by atoms with Crippen LogP contribution in [-0.2, 0) is 4.79 Å². The van der Waals surface area contributed by atoms with Gasteiger partial charge in [0.1, 0.15) is 11.7 Å². The number of piperazine rings is 1. The Morgan fingerprint density at radius 2 is 1.86 bits per heavy atom. The highest BCUT2D eigenvalue weighted by Gasteiger charge is 2.27. The third-order valence-electron chi connectivity index (χ3n) is 5.28. The predicted molar refractivity (Wildman–Crippen MR) is 116 cm³/mol. The first-order valence-corrected chi connectivity index (χ1v) is 10.6.